The van der Waals surface area contributed by atoms with Gasteiger partial charge in [-0.05, 0) is 55.3 Å². The van der Waals surface area contributed by atoms with Gasteiger partial charge in [0.05, 0.1) is 0 Å². The highest BCUT2D eigenvalue weighted by atomic mass is 79.9. The number of aryl methyl sites for hydroxylation is 2. The zero-order valence-corrected chi connectivity index (χ0v) is 13.0. The maximum atomic E-state index is 11.8. The molecule has 2 rings (SSSR count). The second-order valence-corrected chi connectivity index (χ2v) is 5.47. The van der Waals surface area contributed by atoms with Gasteiger partial charge in [0.25, 0.3) is 5.91 Å². The summed E-state index contributed by atoms with van der Waals surface area (Å²) in [5.41, 5.74) is 2.96. The summed E-state index contributed by atoms with van der Waals surface area (Å²) in [4.78, 5) is 11.8. The van der Waals surface area contributed by atoms with Gasteiger partial charge in [-0.3, -0.25) is 4.79 Å². The molecule has 0 saturated heterocycles. The molecule has 2 aromatic carbocycles. The van der Waals surface area contributed by atoms with Crippen molar-refractivity contribution in [1.82, 2.24) is 0 Å². The Kier molecular flexibility index (Phi) is 4.79. The Labute approximate surface area is 127 Å². The minimum Gasteiger partial charge on any atom is -0.484 e. The zero-order valence-electron chi connectivity index (χ0n) is 11.4. The van der Waals surface area contributed by atoms with E-state index in [4.69, 9.17) is 4.74 Å². The molecule has 0 aliphatic heterocycles. The molecular formula is C16H16BrNO2. The van der Waals surface area contributed by atoms with Gasteiger partial charge < -0.3 is 10.1 Å². The number of amides is 1. The van der Waals surface area contributed by atoms with Crippen LogP contribution in [0.25, 0.3) is 0 Å². The van der Waals surface area contributed by atoms with Crippen molar-refractivity contribution in [1.29, 1.82) is 0 Å². The van der Waals surface area contributed by atoms with E-state index in [1.807, 2.05) is 56.3 Å². The lowest BCUT2D eigenvalue weighted by atomic mass is 10.2. The Hall–Kier alpha value is -1.81. The first-order valence-electron chi connectivity index (χ1n) is 6.30. The van der Waals surface area contributed by atoms with E-state index in [0.717, 1.165) is 21.3 Å². The fourth-order valence-electron chi connectivity index (χ4n) is 1.78. The van der Waals surface area contributed by atoms with Crippen LogP contribution in [0.4, 0.5) is 5.69 Å². The average Bonchev–Trinajstić information content (AvgIpc) is 2.40. The minimum absolute atomic E-state index is 0.00495. The fourth-order valence-corrected chi connectivity index (χ4v) is 2.02. The van der Waals surface area contributed by atoms with Crippen LogP contribution in [0.15, 0.2) is 46.9 Å². The van der Waals surface area contributed by atoms with Gasteiger partial charge in [-0.1, -0.05) is 28.1 Å². The first-order chi connectivity index (χ1) is 9.54. The number of carbonyl (C=O) groups is 1. The SMILES string of the molecule is Cc1cccc(NC(=O)COc2ccc(Br)c(C)c2)c1. The molecule has 0 unspecified atom stereocenters. The molecule has 1 N–H and O–H groups in total. The second kappa shape index (κ2) is 6.57. The van der Waals surface area contributed by atoms with Crippen molar-refractivity contribution in [3.8, 4) is 5.75 Å². The molecule has 0 heterocycles. The molecule has 0 fully saturated rings. The average molecular weight is 334 g/mol. The van der Waals surface area contributed by atoms with Crippen LogP contribution in [-0.2, 0) is 4.79 Å². The predicted octanol–water partition coefficient (Wildman–Crippen LogP) is 4.08. The Balaban J connectivity index is 1.90. The highest BCUT2D eigenvalue weighted by molar-refractivity contribution is 9.10. The highest BCUT2D eigenvalue weighted by Gasteiger charge is 2.05. The third-order valence-electron chi connectivity index (χ3n) is 2.80. The van der Waals surface area contributed by atoms with Crippen LogP contribution >= 0.6 is 15.9 Å². The normalized spacial score (nSPS) is 10.2. The number of hydrogen-bond acceptors (Lipinski definition) is 2. The van der Waals surface area contributed by atoms with Crippen molar-refractivity contribution < 1.29 is 9.53 Å². The van der Waals surface area contributed by atoms with Gasteiger partial charge in [-0.25, -0.2) is 0 Å². The minimum atomic E-state index is -0.170. The first-order valence-corrected chi connectivity index (χ1v) is 7.09. The maximum absolute atomic E-state index is 11.8. The number of nitrogens with one attached hydrogen (secondary N) is 1. The quantitative estimate of drug-likeness (QED) is 0.915. The molecule has 3 nitrogen and oxygen atoms in total. The van der Waals surface area contributed by atoms with Crippen molar-refractivity contribution in [2.75, 3.05) is 11.9 Å². The van der Waals surface area contributed by atoms with Crippen LogP contribution in [0.3, 0.4) is 0 Å². The van der Waals surface area contributed by atoms with Crippen LogP contribution in [-0.4, -0.2) is 12.5 Å². The lowest BCUT2D eigenvalue weighted by Crippen LogP contribution is -2.20. The van der Waals surface area contributed by atoms with Gasteiger partial charge >= 0.3 is 0 Å². The molecule has 0 saturated carbocycles. The van der Waals surface area contributed by atoms with Gasteiger partial charge in [-0.2, -0.15) is 0 Å². The van der Waals surface area contributed by atoms with E-state index >= 15 is 0 Å². The third kappa shape index (κ3) is 4.10. The predicted molar refractivity (Wildman–Crippen MR) is 84.2 cm³/mol. The molecule has 0 aliphatic rings. The number of benzene rings is 2. The van der Waals surface area contributed by atoms with Crippen LogP contribution in [0.2, 0.25) is 0 Å². The van der Waals surface area contributed by atoms with E-state index in [-0.39, 0.29) is 12.5 Å². The van der Waals surface area contributed by atoms with Gasteiger partial charge in [-0.15, -0.1) is 0 Å². The van der Waals surface area contributed by atoms with Crippen molar-refractivity contribution >= 4 is 27.5 Å². The van der Waals surface area contributed by atoms with Crippen LogP contribution < -0.4 is 10.1 Å². The summed E-state index contributed by atoms with van der Waals surface area (Å²) < 4.78 is 6.50. The van der Waals surface area contributed by atoms with E-state index in [2.05, 4.69) is 21.2 Å². The molecule has 0 aromatic heterocycles. The number of ether oxygens (including phenoxy) is 1. The largest absolute Gasteiger partial charge is 0.484 e. The summed E-state index contributed by atoms with van der Waals surface area (Å²) in [6.07, 6.45) is 0. The summed E-state index contributed by atoms with van der Waals surface area (Å²) in [6.45, 7) is 3.95. The number of halogens is 1. The molecule has 0 radical (unpaired) electrons. The molecule has 0 atom stereocenters. The molecule has 1 amide bonds. The summed E-state index contributed by atoms with van der Waals surface area (Å²) in [7, 11) is 0. The number of hydrogen-bond donors (Lipinski definition) is 1. The molecule has 4 heteroatoms. The summed E-state index contributed by atoms with van der Waals surface area (Å²) >= 11 is 3.43. The molecule has 2 aromatic rings. The first kappa shape index (κ1) is 14.6. The zero-order chi connectivity index (χ0) is 14.5. The van der Waals surface area contributed by atoms with Crippen molar-refractivity contribution in [2.45, 2.75) is 13.8 Å². The van der Waals surface area contributed by atoms with Crippen LogP contribution in [0.5, 0.6) is 5.75 Å². The van der Waals surface area contributed by atoms with Crippen LogP contribution in [0.1, 0.15) is 11.1 Å². The lowest BCUT2D eigenvalue weighted by molar-refractivity contribution is -0.118. The second-order valence-electron chi connectivity index (χ2n) is 4.62. The smallest absolute Gasteiger partial charge is 0.262 e. The topological polar surface area (TPSA) is 38.3 Å². The molecule has 0 bridgehead atoms. The van der Waals surface area contributed by atoms with E-state index in [9.17, 15) is 4.79 Å². The number of rotatable bonds is 4. The van der Waals surface area contributed by atoms with Crippen molar-refractivity contribution in [3.05, 3.63) is 58.1 Å². The van der Waals surface area contributed by atoms with Crippen LogP contribution in [0, 0.1) is 13.8 Å². The fraction of sp³-hybridized carbons (Fsp3) is 0.188. The van der Waals surface area contributed by atoms with Gasteiger partial charge in [0.15, 0.2) is 6.61 Å². The van der Waals surface area contributed by atoms with Gasteiger partial charge in [0.2, 0.25) is 0 Å². The monoisotopic (exact) mass is 333 g/mol. The summed E-state index contributed by atoms with van der Waals surface area (Å²) in [5, 5.41) is 2.81. The number of anilines is 1. The van der Waals surface area contributed by atoms with Gasteiger partial charge in [0, 0.05) is 10.2 Å². The lowest BCUT2D eigenvalue weighted by Gasteiger charge is -2.09. The van der Waals surface area contributed by atoms with E-state index in [0.29, 0.717) is 5.75 Å². The standard InChI is InChI=1S/C16H16BrNO2/c1-11-4-3-5-13(8-11)18-16(19)10-20-14-6-7-15(17)12(2)9-14/h3-9H,10H2,1-2H3,(H,18,19). The summed E-state index contributed by atoms with van der Waals surface area (Å²) in [5.74, 6) is 0.515. The highest BCUT2D eigenvalue weighted by Crippen LogP contribution is 2.21. The Morgan fingerprint density at radius 1 is 1.20 bits per heavy atom. The molecule has 0 aliphatic carbocycles. The summed E-state index contributed by atoms with van der Waals surface area (Å²) in [6, 6.07) is 13.3. The Morgan fingerprint density at radius 3 is 2.70 bits per heavy atom. The van der Waals surface area contributed by atoms with Crippen molar-refractivity contribution in [3.63, 3.8) is 0 Å². The van der Waals surface area contributed by atoms with E-state index in [1.54, 1.807) is 0 Å². The maximum Gasteiger partial charge on any atom is 0.262 e. The third-order valence-corrected chi connectivity index (χ3v) is 3.69. The van der Waals surface area contributed by atoms with Gasteiger partial charge in [0.1, 0.15) is 5.75 Å². The Morgan fingerprint density at radius 2 is 2.00 bits per heavy atom. The molecule has 104 valence electrons. The molecule has 0 spiro atoms. The Bertz CT molecular complexity index is 626. The van der Waals surface area contributed by atoms with Crippen molar-refractivity contribution in [2.24, 2.45) is 0 Å². The van der Waals surface area contributed by atoms with E-state index < -0.39 is 0 Å². The van der Waals surface area contributed by atoms with E-state index in [1.165, 1.54) is 0 Å². The number of carbonyl (C=O) groups excluding carboxylic acids is 1. The molecular weight excluding hydrogens is 318 g/mol. The molecule has 20 heavy (non-hydrogen) atoms.